The van der Waals surface area contributed by atoms with E-state index in [1.807, 2.05) is 13.0 Å². The minimum absolute atomic E-state index is 0.115. The molecule has 0 unspecified atom stereocenters. The quantitative estimate of drug-likeness (QED) is 0.778. The lowest BCUT2D eigenvalue weighted by Crippen LogP contribution is -2.30. The number of amides is 1. The average molecular weight is 302 g/mol. The molecule has 0 atom stereocenters. The first kappa shape index (κ1) is 14.1. The van der Waals surface area contributed by atoms with E-state index in [2.05, 4.69) is 31.5 Å². The second-order valence-electron chi connectivity index (χ2n) is 3.48. The third kappa shape index (κ3) is 5.25. The molecule has 0 bridgehead atoms. The zero-order valence-corrected chi connectivity index (χ0v) is 11.5. The van der Waals surface area contributed by atoms with Crippen LogP contribution in [0.5, 0.6) is 0 Å². The number of hydrogen-bond acceptors (Lipinski definition) is 4. The molecular formula is C11H16BrN3O2. The van der Waals surface area contributed by atoms with E-state index >= 15 is 0 Å². The van der Waals surface area contributed by atoms with Crippen LogP contribution >= 0.6 is 15.9 Å². The van der Waals surface area contributed by atoms with Gasteiger partial charge in [0, 0.05) is 18.1 Å². The van der Waals surface area contributed by atoms with Crippen molar-refractivity contribution in [2.24, 2.45) is 0 Å². The largest absolute Gasteiger partial charge is 0.383 e. The number of pyridine rings is 1. The van der Waals surface area contributed by atoms with Gasteiger partial charge in [-0.05, 0) is 35.0 Å². The van der Waals surface area contributed by atoms with Gasteiger partial charge in [-0.3, -0.25) is 4.79 Å². The number of hydrogen-bond donors (Lipinski definition) is 2. The van der Waals surface area contributed by atoms with Crippen molar-refractivity contribution in [1.29, 1.82) is 0 Å². The van der Waals surface area contributed by atoms with Gasteiger partial charge in [-0.15, -0.1) is 0 Å². The number of nitrogens with zero attached hydrogens (tertiary/aromatic N) is 1. The molecule has 1 amide bonds. The van der Waals surface area contributed by atoms with Crippen LogP contribution < -0.4 is 10.6 Å². The summed E-state index contributed by atoms with van der Waals surface area (Å²) < 4.78 is 5.78. The number of rotatable bonds is 6. The molecule has 94 valence electrons. The fourth-order valence-electron chi connectivity index (χ4n) is 1.18. The minimum Gasteiger partial charge on any atom is -0.383 e. The summed E-state index contributed by atoms with van der Waals surface area (Å²) in [6.45, 7) is 3.36. The highest BCUT2D eigenvalue weighted by molar-refractivity contribution is 9.10. The average Bonchev–Trinajstić information content (AvgIpc) is 2.30. The maximum atomic E-state index is 11.5. The maximum Gasteiger partial charge on any atom is 0.239 e. The van der Waals surface area contributed by atoms with Crippen LogP contribution in [-0.2, 0) is 9.53 Å². The van der Waals surface area contributed by atoms with Gasteiger partial charge in [0.25, 0.3) is 0 Å². The van der Waals surface area contributed by atoms with Crippen LogP contribution in [0.2, 0.25) is 0 Å². The van der Waals surface area contributed by atoms with Crippen molar-refractivity contribution in [3.8, 4) is 0 Å². The number of ether oxygens (including phenoxy) is 1. The molecule has 1 aromatic heterocycles. The number of carbonyl (C=O) groups is 1. The maximum absolute atomic E-state index is 11.5. The first-order valence-electron chi connectivity index (χ1n) is 5.26. The highest BCUT2D eigenvalue weighted by atomic mass is 79.9. The topological polar surface area (TPSA) is 63.2 Å². The zero-order valence-electron chi connectivity index (χ0n) is 9.92. The molecule has 0 fully saturated rings. The smallest absolute Gasteiger partial charge is 0.239 e. The summed E-state index contributed by atoms with van der Waals surface area (Å²) in [5, 5.41) is 5.67. The van der Waals surface area contributed by atoms with Crippen LogP contribution in [0.3, 0.4) is 0 Å². The fraction of sp³-hybridized carbons (Fsp3) is 0.455. The Morgan fingerprint density at radius 2 is 2.29 bits per heavy atom. The van der Waals surface area contributed by atoms with Crippen LogP contribution in [-0.4, -0.2) is 37.7 Å². The Kier molecular flexibility index (Phi) is 6.10. The molecule has 0 radical (unpaired) electrons. The number of aromatic nitrogens is 1. The van der Waals surface area contributed by atoms with E-state index in [1.54, 1.807) is 13.2 Å². The third-order valence-corrected chi connectivity index (χ3v) is 2.90. The molecule has 17 heavy (non-hydrogen) atoms. The number of aryl methyl sites for hydroxylation is 1. The van der Waals surface area contributed by atoms with Crippen molar-refractivity contribution < 1.29 is 9.53 Å². The van der Waals surface area contributed by atoms with Gasteiger partial charge in [-0.2, -0.15) is 0 Å². The highest BCUT2D eigenvalue weighted by Crippen LogP contribution is 2.15. The van der Waals surface area contributed by atoms with Gasteiger partial charge in [-0.1, -0.05) is 0 Å². The predicted octanol–water partition coefficient (Wildman–Crippen LogP) is 1.33. The van der Waals surface area contributed by atoms with E-state index in [1.165, 1.54) is 0 Å². The third-order valence-electron chi connectivity index (χ3n) is 2.06. The first-order chi connectivity index (χ1) is 8.13. The second-order valence-corrected chi connectivity index (χ2v) is 4.34. The van der Waals surface area contributed by atoms with Crippen LogP contribution in [0.25, 0.3) is 0 Å². The number of anilines is 1. The van der Waals surface area contributed by atoms with Crippen LogP contribution in [0.1, 0.15) is 5.69 Å². The van der Waals surface area contributed by atoms with E-state index in [-0.39, 0.29) is 12.5 Å². The van der Waals surface area contributed by atoms with Crippen LogP contribution in [0, 0.1) is 6.92 Å². The van der Waals surface area contributed by atoms with Crippen molar-refractivity contribution in [1.82, 2.24) is 10.3 Å². The Bertz CT molecular complexity index is 385. The Labute approximate surface area is 109 Å². The van der Waals surface area contributed by atoms with Gasteiger partial charge in [0.1, 0.15) is 5.82 Å². The SMILES string of the molecule is COCCNCC(=O)Nc1ccc(Br)c(C)n1. The number of nitrogens with one attached hydrogen (secondary N) is 2. The van der Waals surface area contributed by atoms with Gasteiger partial charge in [0.2, 0.25) is 5.91 Å². The zero-order chi connectivity index (χ0) is 12.7. The number of methoxy groups -OCH3 is 1. The van der Waals surface area contributed by atoms with E-state index < -0.39 is 0 Å². The summed E-state index contributed by atoms with van der Waals surface area (Å²) >= 11 is 3.35. The standard InChI is InChI=1S/C11H16BrN3O2/c1-8-9(12)3-4-10(14-8)15-11(16)7-13-5-6-17-2/h3-4,13H,5-7H2,1-2H3,(H,14,15,16). The van der Waals surface area contributed by atoms with E-state index in [0.29, 0.717) is 19.0 Å². The van der Waals surface area contributed by atoms with E-state index in [9.17, 15) is 4.79 Å². The molecule has 0 saturated heterocycles. The lowest BCUT2D eigenvalue weighted by atomic mass is 10.3. The molecule has 5 nitrogen and oxygen atoms in total. The van der Waals surface area contributed by atoms with Gasteiger partial charge >= 0.3 is 0 Å². The molecule has 2 N–H and O–H groups in total. The van der Waals surface area contributed by atoms with Crippen LogP contribution in [0.15, 0.2) is 16.6 Å². The molecule has 1 heterocycles. The summed E-state index contributed by atoms with van der Waals surface area (Å²) in [5.74, 6) is 0.444. The normalized spacial score (nSPS) is 10.3. The first-order valence-corrected chi connectivity index (χ1v) is 6.05. The van der Waals surface area contributed by atoms with Crippen molar-refractivity contribution in [2.75, 3.05) is 32.1 Å². The number of halogens is 1. The van der Waals surface area contributed by atoms with E-state index in [0.717, 1.165) is 10.2 Å². The van der Waals surface area contributed by atoms with Crippen LogP contribution in [0.4, 0.5) is 5.82 Å². The predicted molar refractivity (Wildman–Crippen MR) is 70.0 cm³/mol. The lowest BCUT2D eigenvalue weighted by Gasteiger charge is -2.07. The Morgan fingerprint density at radius 3 is 2.94 bits per heavy atom. The molecule has 1 aromatic rings. The molecule has 0 spiro atoms. The van der Waals surface area contributed by atoms with Crippen molar-refractivity contribution >= 4 is 27.7 Å². The minimum atomic E-state index is -0.115. The Balaban J connectivity index is 2.37. The monoisotopic (exact) mass is 301 g/mol. The molecule has 6 heteroatoms. The van der Waals surface area contributed by atoms with Gasteiger partial charge in [0.05, 0.1) is 18.8 Å². The molecule has 0 saturated carbocycles. The molecular weight excluding hydrogens is 286 g/mol. The van der Waals surface area contributed by atoms with E-state index in [4.69, 9.17) is 4.74 Å². The molecule has 0 aromatic carbocycles. The summed E-state index contributed by atoms with van der Waals surface area (Å²) in [4.78, 5) is 15.7. The Hall–Kier alpha value is -0.980. The summed E-state index contributed by atoms with van der Waals surface area (Å²) in [6, 6.07) is 3.61. The van der Waals surface area contributed by atoms with Gasteiger partial charge in [-0.25, -0.2) is 4.98 Å². The second kappa shape index (κ2) is 7.37. The number of carbonyl (C=O) groups excluding carboxylic acids is 1. The lowest BCUT2D eigenvalue weighted by molar-refractivity contribution is -0.115. The highest BCUT2D eigenvalue weighted by Gasteiger charge is 2.04. The summed E-state index contributed by atoms with van der Waals surface area (Å²) in [6.07, 6.45) is 0. The summed E-state index contributed by atoms with van der Waals surface area (Å²) in [7, 11) is 1.62. The van der Waals surface area contributed by atoms with Gasteiger partial charge < -0.3 is 15.4 Å². The molecule has 0 aliphatic heterocycles. The molecule has 0 aliphatic carbocycles. The Morgan fingerprint density at radius 1 is 1.53 bits per heavy atom. The van der Waals surface area contributed by atoms with Crippen molar-refractivity contribution in [2.45, 2.75) is 6.92 Å². The van der Waals surface area contributed by atoms with Crippen molar-refractivity contribution in [3.63, 3.8) is 0 Å². The van der Waals surface area contributed by atoms with Crippen molar-refractivity contribution in [3.05, 3.63) is 22.3 Å². The summed E-state index contributed by atoms with van der Waals surface area (Å²) in [5.41, 5.74) is 0.843. The van der Waals surface area contributed by atoms with Gasteiger partial charge in [0.15, 0.2) is 0 Å². The fourth-order valence-corrected chi connectivity index (χ4v) is 1.40. The molecule has 1 rings (SSSR count). The molecule has 0 aliphatic rings.